The monoisotopic (exact) mass is 807 g/mol. The van der Waals surface area contributed by atoms with Gasteiger partial charge in [-0.2, -0.15) is 0 Å². The van der Waals surface area contributed by atoms with Crippen molar-refractivity contribution >= 4 is 13.7 Å². The quantitative estimate of drug-likeness (QED) is 0.0274. The minimum atomic E-state index is -4.35. The van der Waals surface area contributed by atoms with Gasteiger partial charge in [-0.3, -0.25) is 13.8 Å². The summed E-state index contributed by atoms with van der Waals surface area (Å²) in [6.07, 6.45) is 54.1. The van der Waals surface area contributed by atoms with Gasteiger partial charge in [-0.15, -0.1) is 0 Å². The van der Waals surface area contributed by atoms with Crippen LogP contribution in [0.5, 0.6) is 0 Å². The van der Waals surface area contributed by atoms with Crippen LogP contribution in [0.2, 0.25) is 0 Å². The molecule has 0 spiro atoms. The molecular formula is C47H87N2O6P. The maximum atomic E-state index is 12.8. The van der Waals surface area contributed by atoms with Crippen LogP contribution in [0.1, 0.15) is 200 Å². The average molecular weight is 807 g/mol. The van der Waals surface area contributed by atoms with E-state index in [1.807, 2.05) is 6.08 Å². The number of aliphatic hydroxyl groups excluding tert-OH is 1. The highest BCUT2D eigenvalue weighted by Gasteiger charge is 2.26. The molecule has 0 bridgehead atoms. The molecule has 0 heterocycles. The third-order valence-corrected chi connectivity index (χ3v) is 10.8. The molecule has 0 aliphatic rings. The molecule has 56 heavy (non-hydrogen) atoms. The molecule has 0 radical (unpaired) electrons. The summed E-state index contributed by atoms with van der Waals surface area (Å²) in [6.45, 7) is 4.08. The van der Waals surface area contributed by atoms with E-state index in [1.54, 1.807) is 6.08 Å². The van der Waals surface area contributed by atoms with E-state index in [4.69, 9.17) is 14.8 Å². The van der Waals surface area contributed by atoms with E-state index >= 15 is 0 Å². The number of hydrogen-bond acceptors (Lipinski definition) is 6. The molecule has 0 fully saturated rings. The lowest BCUT2D eigenvalue weighted by atomic mass is 10.1. The van der Waals surface area contributed by atoms with Gasteiger partial charge in [0.25, 0.3) is 0 Å². The minimum Gasteiger partial charge on any atom is -0.387 e. The molecule has 326 valence electrons. The molecule has 0 aromatic rings. The van der Waals surface area contributed by atoms with Gasteiger partial charge < -0.3 is 21.1 Å². The number of unbranched alkanes of at least 4 members (excludes halogenated alkanes) is 22. The van der Waals surface area contributed by atoms with Gasteiger partial charge in [-0.25, -0.2) is 4.57 Å². The van der Waals surface area contributed by atoms with Crippen molar-refractivity contribution in [2.24, 2.45) is 5.73 Å². The number of hydrogen-bond donors (Lipinski definition) is 4. The lowest BCUT2D eigenvalue weighted by molar-refractivity contribution is -0.123. The third-order valence-electron chi connectivity index (χ3n) is 9.79. The van der Waals surface area contributed by atoms with Gasteiger partial charge in [-0.1, -0.05) is 177 Å². The van der Waals surface area contributed by atoms with Gasteiger partial charge in [0, 0.05) is 13.0 Å². The SMILES string of the molecule is CCCCCCC/C=C\C/C=C\CCCCCCCCCCCC(=O)NC(COP(=O)(O)OCCN)C(O)/C=C/CC/C=C/CC/C=C/CCCCCCCC. The molecular weight excluding hydrogens is 719 g/mol. The summed E-state index contributed by atoms with van der Waals surface area (Å²) in [5.41, 5.74) is 5.37. The Morgan fingerprint density at radius 2 is 1.00 bits per heavy atom. The topological polar surface area (TPSA) is 131 Å². The fourth-order valence-corrected chi connectivity index (χ4v) is 7.07. The molecule has 0 aromatic heterocycles. The number of nitrogens with one attached hydrogen (secondary N) is 1. The fraction of sp³-hybridized carbons (Fsp3) is 0.766. The Hall–Kier alpha value is -1.80. The summed E-state index contributed by atoms with van der Waals surface area (Å²) in [5.74, 6) is -0.214. The van der Waals surface area contributed by atoms with E-state index in [-0.39, 0.29) is 25.7 Å². The Balaban J connectivity index is 4.24. The van der Waals surface area contributed by atoms with E-state index in [2.05, 4.69) is 67.8 Å². The predicted molar refractivity (Wildman–Crippen MR) is 240 cm³/mol. The number of allylic oxidation sites excluding steroid dienone is 9. The van der Waals surface area contributed by atoms with Crippen LogP contribution in [-0.4, -0.2) is 47.8 Å². The summed E-state index contributed by atoms with van der Waals surface area (Å²) in [7, 11) is -4.35. The Kier molecular flexibility index (Phi) is 41.4. The number of nitrogens with two attached hydrogens (primary N) is 1. The van der Waals surface area contributed by atoms with Gasteiger partial charge >= 0.3 is 7.82 Å². The Labute approximate surface area is 344 Å². The number of rotatable bonds is 42. The maximum absolute atomic E-state index is 12.8. The number of amides is 1. The van der Waals surface area contributed by atoms with Crippen LogP contribution in [-0.2, 0) is 18.4 Å². The van der Waals surface area contributed by atoms with Crippen LogP contribution in [0.15, 0.2) is 60.8 Å². The van der Waals surface area contributed by atoms with Crippen LogP contribution >= 0.6 is 7.82 Å². The summed E-state index contributed by atoms with van der Waals surface area (Å²) >= 11 is 0. The van der Waals surface area contributed by atoms with Gasteiger partial charge in [0.2, 0.25) is 5.91 Å². The summed E-state index contributed by atoms with van der Waals surface area (Å²) in [5, 5.41) is 13.7. The van der Waals surface area contributed by atoms with E-state index in [0.717, 1.165) is 51.4 Å². The number of phosphoric acid groups is 1. The van der Waals surface area contributed by atoms with Gasteiger partial charge in [0.1, 0.15) is 0 Å². The van der Waals surface area contributed by atoms with Crippen LogP contribution in [0.3, 0.4) is 0 Å². The van der Waals surface area contributed by atoms with E-state index in [9.17, 15) is 19.4 Å². The normalized spacial score (nSPS) is 14.6. The molecule has 0 aliphatic heterocycles. The Morgan fingerprint density at radius 1 is 0.589 bits per heavy atom. The molecule has 3 unspecified atom stereocenters. The largest absolute Gasteiger partial charge is 0.472 e. The first-order chi connectivity index (χ1) is 27.4. The van der Waals surface area contributed by atoms with Crippen molar-refractivity contribution in [3.63, 3.8) is 0 Å². The maximum Gasteiger partial charge on any atom is 0.472 e. The molecule has 0 aliphatic carbocycles. The van der Waals surface area contributed by atoms with Crippen molar-refractivity contribution < 1.29 is 28.4 Å². The zero-order valence-corrected chi connectivity index (χ0v) is 37.0. The molecule has 0 saturated carbocycles. The van der Waals surface area contributed by atoms with Crippen LogP contribution in [0.4, 0.5) is 0 Å². The Bertz CT molecular complexity index is 1060. The van der Waals surface area contributed by atoms with Crippen LogP contribution in [0.25, 0.3) is 0 Å². The molecule has 0 saturated heterocycles. The smallest absolute Gasteiger partial charge is 0.387 e. The molecule has 9 heteroatoms. The van der Waals surface area contributed by atoms with Gasteiger partial charge in [0.05, 0.1) is 25.4 Å². The fourth-order valence-electron chi connectivity index (χ4n) is 6.31. The third kappa shape index (κ3) is 40.4. The molecule has 5 N–H and O–H groups in total. The van der Waals surface area contributed by atoms with Gasteiger partial charge in [0.15, 0.2) is 0 Å². The average Bonchev–Trinajstić information content (AvgIpc) is 3.19. The van der Waals surface area contributed by atoms with Crippen molar-refractivity contribution in [1.29, 1.82) is 0 Å². The molecule has 1 amide bonds. The molecule has 3 atom stereocenters. The Morgan fingerprint density at radius 3 is 1.48 bits per heavy atom. The van der Waals surface area contributed by atoms with E-state index in [1.165, 1.54) is 128 Å². The molecule has 8 nitrogen and oxygen atoms in total. The first kappa shape index (κ1) is 54.2. The number of carbonyl (C=O) groups excluding carboxylic acids is 1. The standard InChI is InChI=1S/C47H87N2O6P/c1-3-5-7-9-11-13-15-17-19-21-22-23-24-25-27-29-31-33-35-37-39-41-47(51)49-45(44-55-56(52,53)54-43-42-48)46(50)40-38-36-34-32-30-28-26-20-18-16-14-12-10-8-6-4-2/h15,17-18,20-22,30,32,38,40,45-46,50H,3-14,16,19,23-29,31,33-37,39,41-44,48H2,1-2H3,(H,49,51)(H,52,53)/b17-15-,20-18+,22-21-,32-30+,40-38+. The second-order valence-corrected chi connectivity index (χ2v) is 16.7. The number of carbonyl (C=O) groups is 1. The summed E-state index contributed by atoms with van der Waals surface area (Å²) in [6, 6.07) is -0.887. The lowest BCUT2D eigenvalue weighted by Crippen LogP contribution is -2.45. The second kappa shape index (κ2) is 42.8. The summed E-state index contributed by atoms with van der Waals surface area (Å²) < 4.78 is 22.1. The highest BCUT2D eigenvalue weighted by Crippen LogP contribution is 2.43. The minimum absolute atomic E-state index is 0.0689. The first-order valence-corrected chi connectivity index (χ1v) is 24.4. The van der Waals surface area contributed by atoms with Crippen LogP contribution < -0.4 is 11.1 Å². The highest BCUT2D eigenvalue weighted by atomic mass is 31.2. The zero-order chi connectivity index (χ0) is 41.1. The van der Waals surface area contributed by atoms with E-state index in [0.29, 0.717) is 6.42 Å². The molecule has 0 aromatic carbocycles. The lowest BCUT2D eigenvalue weighted by Gasteiger charge is -2.23. The number of phosphoric ester groups is 1. The highest BCUT2D eigenvalue weighted by molar-refractivity contribution is 7.47. The molecule has 0 rings (SSSR count). The van der Waals surface area contributed by atoms with Crippen molar-refractivity contribution in [3.05, 3.63) is 60.8 Å². The van der Waals surface area contributed by atoms with Crippen molar-refractivity contribution in [2.75, 3.05) is 19.8 Å². The van der Waals surface area contributed by atoms with Crippen molar-refractivity contribution in [1.82, 2.24) is 5.32 Å². The van der Waals surface area contributed by atoms with Crippen molar-refractivity contribution in [3.8, 4) is 0 Å². The van der Waals surface area contributed by atoms with E-state index < -0.39 is 20.0 Å². The van der Waals surface area contributed by atoms with Crippen molar-refractivity contribution in [2.45, 2.75) is 212 Å². The zero-order valence-electron chi connectivity index (χ0n) is 36.1. The predicted octanol–water partition coefficient (Wildman–Crippen LogP) is 13.1. The number of aliphatic hydroxyl groups is 1. The second-order valence-electron chi connectivity index (χ2n) is 15.2. The van der Waals surface area contributed by atoms with Gasteiger partial charge in [-0.05, 0) is 77.0 Å². The van der Waals surface area contributed by atoms with Crippen LogP contribution in [0, 0.1) is 0 Å². The summed E-state index contributed by atoms with van der Waals surface area (Å²) in [4.78, 5) is 22.7. The first-order valence-electron chi connectivity index (χ1n) is 22.9.